The van der Waals surface area contributed by atoms with E-state index in [4.69, 9.17) is 21.1 Å². The molecule has 0 aliphatic carbocycles. The Morgan fingerprint density at radius 3 is 1.82 bits per heavy atom. The molecule has 1 aliphatic heterocycles. The molecular weight excluding hydrogens is 391 g/mol. The molecule has 0 amide bonds. The molecule has 6 heteroatoms. The van der Waals surface area contributed by atoms with E-state index in [0.29, 0.717) is 19.0 Å². The Labute approximate surface area is 178 Å². The number of carbonyl (C=O) groups is 1. The molecule has 0 aromatic heterocycles. The van der Waals surface area contributed by atoms with Crippen molar-refractivity contribution >= 4 is 24.3 Å². The number of unbranched alkanes of at least 4 members (excludes halogenated alkanes) is 14. The molecule has 0 aromatic carbocycles. The van der Waals surface area contributed by atoms with Gasteiger partial charge in [-0.15, -0.1) is 0 Å². The summed E-state index contributed by atoms with van der Waals surface area (Å²) in [7, 11) is 0. The van der Waals surface area contributed by atoms with Crippen LogP contribution < -0.4 is 0 Å². The van der Waals surface area contributed by atoms with E-state index in [0.717, 1.165) is 12.8 Å². The maximum absolute atomic E-state index is 11.7. The van der Waals surface area contributed by atoms with Crippen LogP contribution in [0.4, 0.5) is 0 Å². The van der Waals surface area contributed by atoms with E-state index < -0.39 is 6.49 Å². The summed E-state index contributed by atoms with van der Waals surface area (Å²) in [5.41, 5.74) is 0. The van der Waals surface area contributed by atoms with Gasteiger partial charge in [-0.25, -0.2) is 0 Å². The van der Waals surface area contributed by atoms with Crippen molar-refractivity contribution in [1.29, 1.82) is 0 Å². The van der Waals surface area contributed by atoms with Gasteiger partial charge < -0.3 is 14.2 Å². The Hall–Kier alpha value is 0.0400. The fourth-order valence-electron chi connectivity index (χ4n) is 3.66. The van der Waals surface area contributed by atoms with Crippen LogP contribution in [0, 0.1) is 0 Å². The molecule has 166 valence electrons. The van der Waals surface area contributed by atoms with Gasteiger partial charge in [-0.05, 0) is 24.6 Å². The molecule has 2 atom stereocenters. The smallest absolute Gasteiger partial charge is 0.305 e. The van der Waals surface area contributed by atoms with Gasteiger partial charge in [0.05, 0.1) is 6.10 Å². The Kier molecular flexibility index (Phi) is 15.6. The highest BCUT2D eigenvalue weighted by Crippen LogP contribution is 2.50. The van der Waals surface area contributed by atoms with E-state index >= 15 is 0 Å². The molecule has 4 nitrogen and oxygen atoms in total. The molecule has 1 rings (SSSR count). The second-order valence-electron chi connectivity index (χ2n) is 8.26. The van der Waals surface area contributed by atoms with E-state index in [2.05, 4.69) is 6.92 Å². The first kappa shape index (κ1) is 26.1. The molecule has 1 N–H and O–H groups in total. The fraction of sp³-hybridized carbons (Fsp3) is 0.955. The van der Waals surface area contributed by atoms with Gasteiger partial charge in [0.25, 0.3) is 0 Å². The third-order valence-electron chi connectivity index (χ3n) is 5.46. The highest BCUT2D eigenvalue weighted by atomic mass is 32.5. The predicted octanol–water partition coefficient (Wildman–Crippen LogP) is 6.88. The van der Waals surface area contributed by atoms with Crippen LogP contribution in [0.25, 0.3) is 0 Å². The van der Waals surface area contributed by atoms with Crippen LogP contribution in [-0.2, 0) is 25.9 Å². The maximum Gasteiger partial charge on any atom is 0.305 e. The van der Waals surface area contributed by atoms with E-state index in [9.17, 15) is 9.69 Å². The zero-order valence-electron chi connectivity index (χ0n) is 18.0. The van der Waals surface area contributed by atoms with Crippen molar-refractivity contribution in [3.8, 4) is 0 Å². The van der Waals surface area contributed by atoms with Gasteiger partial charge in [0.2, 0.25) is 0 Å². The van der Waals surface area contributed by atoms with E-state index in [1.54, 1.807) is 0 Å². The molecule has 1 saturated heterocycles. The van der Waals surface area contributed by atoms with Gasteiger partial charge in [0, 0.05) is 12.6 Å². The molecule has 1 fully saturated rings. The summed E-state index contributed by atoms with van der Waals surface area (Å²) in [6.07, 6.45) is 21.3. The van der Waals surface area contributed by atoms with Crippen LogP contribution in [0.2, 0.25) is 0 Å². The van der Waals surface area contributed by atoms with Crippen molar-refractivity contribution in [2.75, 3.05) is 12.8 Å². The molecule has 0 bridgehead atoms. The third-order valence-corrected chi connectivity index (χ3v) is 7.72. The first-order valence-electron chi connectivity index (χ1n) is 11.7. The van der Waals surface area contributed by atoms with Crippen molar-refractivity contribution in [2.24, 2.45) is 0 Å². The zero-order valence-corrected chi connectivity index (χ0v) is 19.8. The Morgan fingerprint density at radius 1 is 0.929 bits per heavy atom. The van der Waals surface area contributed by atoms with Gasteiger partial charge in [-0.1, -0.05) is 96.8 Å². The average molecular weight is 435 g/mol. The molecule has 1 aliphatic rings. The molecule has 0 aromatic rings. The Morgan fingerprint density at radius 2 is 1.39 bits per heavy atom. The van der Waals surface area contributed by atoms with Crippen LogP contribution in [0.1, 0.15) is 116 Å². The number of rotatable bonds is 18. The lowest BCUT2D eigenvalue weighted by atomic mass is 10.0. The molecule has 28 heavy (non-hydrogen) atoms. The van der Waals surface area contributed by atoms with Crippen molar-refractivity contribution in [2.45, 2.75) is 122 Å². The van der Waals surface area contributed by atoms with E-state index in [1.807, 2.05) is 0 Å². The molecular formula is C22H43O4PS. The lowest BCUT2D eigenvalue weighted by Gasteiger charge is -2.12. The van der Waals surface area contributed by atoms with Crippen molar-refractivity contribution < 1.29 is 18.9 Å². The second-order valence-corrected chi connectivity index (χ2v) is 11.9. The molecule has 0 radical (unpaired) electrons. The summed E-state index contributed by atoms with van der Waals surface area (Å²) in [6, 6.07) is 0. The number of ether oxygens (including phenoxy) is 1. The SMILES string of the molecule is CCCCCCCCCCCCCCCCCC(=O)OCC1CCP(O)(=S)O1. The quantitative estimate of drug-likeness (QED) is 0.145. The lowest BCUT2D eigenvalue weighted by Crippen LogP contribution is -2.17. The first-order chi connectivity index (χ1) is 13.5. The largest absolute Gasteiger partial charge is 0.463 e. The minimum atomic E-state index is -2.57. The summed E-state index contributed by atoms with van der Waals surface area (Å²) in [4.78, 5) is 21.4. The number of carbonyl (C=O) groups excluding carboxylic acids is 1. The van der Waals surface area contributed by atoms with Crippen LogP contribution in [-0.4, -0.2) is 29.7 Å². The normalized spacial score (nSPS) is 21.9. The van der Waals surface area contributed by atoms with Crippen molar-refractivity contribution in [3.63, 3.8) is 0 Å². The van der Waals surface area contributed by atoms with Crippen molar-refractivity contribution in [1.82, 2.24) is 0 Å². The third kappa shape index (κ3) is 15.0. The van der Waals surface area contributed by atoms with E-state index in [-0.39, 0.29) is 18.7 Å². The highest BCUT2D eigenvalue weighted by Gasteiger charge is 2.30. The summed E-state index contributed by atoms with van der Waals surface area (Å²) in [5.74, 6) is -0.156. The van der Waals surface area contributed by atoms with Crippen LogP contribution in [0.5, 0.6) is 0 Å². The first-order valence-corrected chi connectivity index (χ1v) is 14.5. The minimum absolute atomic E-state index is 0.156. The van der Waals surface area contributed by atoms with Crippen LogP contribution in [0.3, 0.4) is 0 Å². The summed E-state index contributed by atoms with van der Waals surface area (Å²) >= 11 is 4.94. The maximum atomic E-state index is 11.7. The minimum Gasteiger partial charge on any atom is -0.463 e. The van der Waals surface area contributed by atoms with E-state index in [1.165, 1.54) is 83.5 Å². The summed E-state index contributed by atoms with van der Waals surface area (Å²) < 4.78 is 10.6. The second kappa shape index (κ2) is 16.8. The molecule has 0 spiro atoms. The highest BCUT2D eigenvalue weighted by molar-refractivity contribution is 8.09. The molecule has 2 unspecified atom stereocenters. The van der Waals surface area contributed by atoms with Gasteiger partial charge in [-0.3, -0.25) is 4.79 Å². The van der Waals surface area contributed by atoms with Gasteiger partial charge in [-0.2, -0.15) is 0 Å². The number of hydrogen-bond donors (Lipinski definition) is 1. The molecule has 0 saturated carbocycles. The van der Waals surface area contributed by atoms with Gasteiger partial charge in [0.1, 0.15) is 6.61 Å². The summed E-state index contributed by atoms with van der Waals surface area (Å²) in [5, 5.41) is 0. The fourth-order valence-corrected chi connectivity index (χ4v) is 5.69. The summed E-state index contributed by atoms with van der Waals surface area (Å²) in [6.45, 7) is -0.0673. The van der Waals surface area contributed by atoms with Gasteiger partial charge in [0.15, 0.2) is 6.49 Å². The topological polar surface area (TPSA) is 55.8 Å². The zero-order chi connectivity index (χ0) is 20.5. The van der Waals surface area contributed by atoms with Crippen molar-refractivity contribution in [3.05, 3.63) is 0 Å². The number of esters is 1. The lowest BCUT2D eigenvalue weighted by molar-refractivity contribution is -0.146. The van der Waals surface area contributed by atoms with Crippen LogP contribution in [0.15, 0.2) is 0 Å². The Balaban J connectivity index is 1.77. The average Bonchev–Trinajstić information content (AvgIpc) is 3.02. The predicted molar refractivity (Wildman–Crippen MR) is 121 cm³/mol. The van der Waals surface area contributed by atoms with Crippen LogP contribution >= 0.6 is 6.49 Å². The standard InChI is InChI=1S/C22H43O4PS/c1-2-3-4-5-6-7-8-9-10-11-12-13-14-15-16-17-22(23)25-20-21-18-19-27(24,28)26-21/h21H,2-20H2,1H3,(H,24,28). The Bertz CT molecular complexity index is 444. The van der Waals surface area contributed by atoms with Gasteiger partial charge >= 0.3 is 5.97 Å². The monoisotopic (exact) mass is 434 g/mol. The number of hydrogen-bond acceptors (Lipinski definition) is 4. The molecule has 1 heterocycles.